The number of carbonyl (C=O) groups is 2. The molecule has 1 heterocycles. The van der Waals surface area contributed by atoms with E-state index in [1.165, 1.54) is 33.2 Å². The summed E-state index contributed by atoms with van der Waals surface area (Å²) >= 11 is 0. The summed E-state index contributed by atoms with van der Waals surface area (Å²) in [6, 6.07) is 4.51. The van der Waals surface area contributed by atoms with Crippen molar-refractivity contribution < 1.29 is 27.5 Å². The minimum absolute atomic E-state index is 0.00963. The van der Waals surface area contributed by atoms with Crippen LogP contribution in [0.25, 0.3) is 0 Å². The fraction of sp³-hybridized carbons (Fsp3) is 0.652. The fourth-order valence-electron chi connectivity index (χ4n) is 4.24. The van der Waals surface area contributed by atoms with E-state index in [4.69, 9.17) is 9.47 Å². The molecule has 3 rings (SSSR count). The molecular weight excluding hydrogens is 446 g/mol. The maximum atomic E-state index is 13.2. The van der Waals surface area contributed by atoms with E-state index in [1.807, 2.05) is 4.90 Å². The highest BCUT2D eigenvalue weighted by atomic mass is 32.2. The Bertz CT molecular complexity index is 959. The molecule has 1 saturated heterocycles. The lowest BCUT2D eigenvalue weighted by atomic mass is 9.86. The molecule has 3 unspecified atom stereocenters. The summed E-state index contributed by atoms with van der Waals surface area (Å²) in [7, 11) is -0.883. The van der Waals surface area contributed by atoms with Gasteiger partial charge in [0.15, 0.2) is 6.10 Å². The Morgan fingerprint density at radius 3 is 2.48 bits per heavy atom. The van der Waals surface area contributed by atoms with Crippen LogP contribution in [0.5, 0.6) is 0 Å². The van der Waals surface area contributed by atoms with Crippen molar-refractivity contribution >= 4 is 27.6 Å². The van der Waals surface area contributed by atoms with E-state index in [0.29, 0.717) is 37.9 Å². The lowest BCUT2D eigenvalue weighted by Gasteiger charge is -2.31. The monoisotopic (exact) mass is 481 g/mol. The van der Waals surface area contributed by atoms with Crippen molar-refractivity contribution in [2.24, 2.45) is 5.92 Å². The zero-order chi connectivity index (χ0) is 24.2. The zero-order valence-electron chi connectivity index (χ0n) is 19.9. The van der Waals surface area contributed by atoms with Crippen molar-refractivity contribution in [2.75, 3.05) is 45.3 Å². The van der Waals surface area contributed by atoms with Crippen LogP contribution in [-0.4, -0.2) is 77.1 Å². The van der Waals surface area contributed by atoms with Crippen LogP contribution in [0.3, 0.4) is 0 Å². The molecule has 3 atom stereocenters. The van der Waals surface area contributed by atoms with E-state index in [1.54, 1.807) is 6.07 Å². The third-order valence-corrected chi connectivity index (χ3v) is 8.22. The van der Waals surface area contributed by atoms with E-state index in [-0.39, 0.29) is 22.4 Å². The van der Waals surface area contributed by atoms with Gasteiger partial charge >= 0.3 is 5.97 Å². The first-order chi connectivity index (χ1) is 15.6. The molecule has 2 aliphatic rings. The first-order valence-electron chi connectivity index (χ1n) is 11.5. The number of amides is 1. The van der Waals surface area contributed by atoms with Gasteiger partial charge in [0.1, 0.15) is 0 Å². The number of sulfonamides is 1. The van der Waals surface area contributed by atoms with Crippen LogP contribution in [0.2, 0.25) is 0 Å². The second kappa shape index (κ2) is 10.8. The number of esters is 1. The van der Waals surface area contributed by atoms with E-state index in [0.717, 1.165) is 30.0 Å². The number of anilines is 1. The highest BCUT2D eigenvalue weighted by molar-refractivity contribution is 7.89. The SMILES string of the molecule is CC(OC(=O)c1cc(S(=O)(=O)N(C)C)ccc1N1CCOCC1)C(=O)NC1CCCCC1C. The Hall–Kier alpha value is -2.17. The van der Waals surface area contributed by atoms with Gasteiger partial charge in [-0.25, -0.2) is 17.5 Å². The molecule has 9 nitrogen and oxygen atoms in total. The Morgan fingerprint density at radius 2 is 1.85 bits per heavy atom. The maximum absolute atomic E-state index is 13.2. The molecule has 10 heteroatoms. The van der Waals surface area contributed by atoms with Gasteiger partial charge in [0.25, 0.3) is 5.91 Å². The molecule has 1 N–H and O–H groups in total. The van der Waals surface area contributed by atoms with E-state index >= 15 is 0 Å². The molecule has 1 aliphatic heterocycles. The van der Waals surface area contributed by atoms with Crippen LogP contribution in [0, 0.1) is 5.92 Å². The molecular formula is C23H35N3O6S. The van der Waals surface area contributed by atoms with Crippen LogP contribution in [-0.2, 0) is 24.3 Å². The number of ether oxygens (including phenoxy) is 2. The van der Waals surface area contributed by atoms with Gasteiger partial charge in [-0.3, -0.25) is 4.79 Å². The normalized spacial score (nSPS) is 22.6. The molecule has 2 fully saturated rings. The molecule has 1 aliphatic carbocycles. The summed E-state index contributed by atoms with van der Waals surface area (Å²) in [5.41, 5.74) is 0.681. The first-order valence-corrected chi connectivity index (χ1v) is 13.0. The summed E-state index contributed by atoms with van der Waals surface area (Å²) in [6.45, 7) is 5.79. The molecule has 1 amide bonds. The third-order valence-electron chi connectivity index (χ3n) is 6.41. The first kappa shape index (κ1) is 25.5. The Morgan fingerprint density at radius 1 is 1.18 bits per heavy atom. The lowest BCUT2D eigenvalue weighted by molar-refractivity contribution is -0.130. The van der Waals surface area contributed by atoms with Crippen molar-refractivity contribution in [1.82, 2.24) is 9.62 Å². The molecule has 0 spiro atoms. The summed E-state index contributed by atoms with van der Waals surface area (Å²) in [5.74, 6) is -0.690. The number of benzene rings is 1. The number of nitrogens with one attached hydrogen (secondary N) is 1. The van der Waals surface area contributed by atoms with Crippen molar-refractivity contribution in [3.05, 3.63) is 23.8 Å². The zero-order valence-corrected chi connectivity index (χ0v) is 20.7. The largest absolute Gasteiger partial charge is 0.449 e. The fourth-order valence-corrected chi connectivity index (χ4v) is 5.17. The highest BCUT2D eigenvalue weighted by Crippen LogP contribution is 2.28. The van der Waals surface area contributed by atoms with Gasteiger partial charge in [0, 0.05) is 33.2 Å². The Balaban J connectivity index is 1.82. The standard InChI is InChI=1S/C23H35N3O6S/c1-16-7-5-6-8-20(16)24-22(27)17(2)32-23(28)19-15-18(33(29,30)25(3)4)9-10-21(19)26-11-13-31-14-12-26/h9-10,15-17,20H,5-8,11-14H2,1-4H3,(H,24,27). The maximum Gasteiger partial charge on any atom is 0.341 e. The number of nitrogens with zero attached hydrogens (tertiary/aromatic N) is 2. The number of hydrogen-bond acceptors (Lipinski definition) is 7. The number of carbonyl (C=O) groups excluding carboxylic acids is 2. The van der Waals surface area contributed by atoms with Gasteiger partial charge in [0.2, 0.25) is 10.0 Å². The molecule has 0 bridgehead atoms. The minimum Gasteiger partial charge on any atom is -0.449 e. The average molecular weight is 482 g/mol. The minimum atomic E-state index is -3.75. The van der Waals surface area contributed by atoms with Crippen molar-refractivity contribution in [3.8, 4) is 0 Å². The van der Waals surface area contributed by atoms with Crippen LogP contribution < -0.4 is 10.2 Å². The number of hydrogen-bond donors (Lipinski definition) is 1. The van der Waals surface area contributed by atoms with Gasteiger partial charge < -0.3 is 19.7 Å². The van der Waals surface area contributed by atoms with Crippen LogP contribution in [0.4, 0.5) is 5.69 Å². The smallest absolute Gasteiger partial charge is 0.341 e. The van der Waals surface area contributed by atoms with E-state index in [9.17, 15) is 18.0 Å². The van der Waals surface area contributed by atoms with Gasteiger partial charge in [-0.05, 0) is 43.9 Å². The van der Waals surface area contributed by atoms with Gasteiger partial charge in [-0.2, -0.15) is 0 Å². The second-order valence-electron chi connectivity index (χ2n) is 8.99. The van der Waals surface area contributed by atoms with Crippen molar-refractivity contribution in [1.29, 1.82) is 0 Å². The average Bonchev–Trinajstić information content (AvgIpc) is 2.80. The van der Waals surface area contributed by atoms with E-state index in [2.05, 4.69) is 12.2 Å². The number of morpholine rings is 1. The van der Waals surface area contributed by atoms with E-state index < -0.39 is 22.1 Å². The summed E-state index contributed by atoms with van der Waals surface area (Å²) in [5, 5.41) is 3.01. The molecule has 33 heavy (non-hydrogen) atoms. The molecule has 0 radical (unpaired) electrons. The summed E-state index contributed by atoms with van der Waals surface area (Å²) in [6.07, 6.45) is 3.21. The Kier molecular flexibility index (Phi) is 8.36. The Labute approximate surface area is 196 Å². The molecule has 0 aromatic heterocycles. The van der Waals surface area contributed by atoms with Crippen LogP contribution in [0.15, 0.2) is 23.1 Å². The molecule has 1 saturated carbocycles. The molecule has 1 aromatic rings. The topological polar surface area (TPSA) is 105 Å². The van der Waals surface area contributed by atoms with Crippen molar-refractivity contribution in [2.45, 2.75) is 56.6 Å². The van der Waals surface area contributed by atoms with Gasteiger partial charge in [-0.1, -0.05) is 19.8 Å². The van der Waals surface area contributed by atoms with Crippen LogP contribution >= 0.6 is 0 Å². The summed E-state index contributed by atoms with van der Waals surface area (Å²) in [4.78, 5) is 27.8. The second-order valence-corrected chi connectivity index (χ2v) is 11.1. The van der Waals surface area contributed by atoms with Gasteiger partial charge in [0.05, 0.1) is 29.4 Å². The third kappa shape index (κ3) is 6.04. The predicted octanol–water partition coefficient (Wildman–Crippen LogP) is 2.01. The quantitative estimate of drug-likeness (QED) is 0.594. The van der Waals surface area contributed by atoms with Crippen LogP contribution in [0.1, 0.15) is 49.9 Å². The molecule has 184 valence electrons. The summed E-state index contributed by atoms with van der Waals surface area (Å²) < 4.78 is 37.3. The highest BCUT2D eigenvalue weighted by Gasteiger charge is 2.29. The van der Waals surface area contributed by atoms with Crippen molar-refractivity contribution in [3.63, 3.8) is 0 Å². The predicted molar refractivity (Wildman–Crippen MR) is 125 cm³/mol. The number of rotatable bonds is 7. The van der Waals surface area contributed by atoms with Gasteiger partial charge in [-0.15, -0.1) is 0 Å². The lowest BCUT2D eigenvalue weighted by Crippen LogP contribution is -2.46. The molecule has 1 aromatic carbocycles.